The molecule has 1 heterocycles. The number of aliphatic hydroxyl groups excluding tert-OH is 5. The van der Waals surface area contributed by atoms with E-state index in [0.717, 1.165) is 5.57 Å². The van der Waals surface area contributed by atoms with Crippen molar-refractivity contribution in [2.75, 3.05) is 13.2 Å². The average Bonchev–Trinajstić information content (AvgIpc) is 2.52. The summed E-state index contributed by atoms with van der Waals surface area (Å²) in [6, 6.07) is 0. The van der Waals surface area contributed by atoms with E-state index in [1.807, 2.05) is 26.8 Å². The van der Waals surface area contributed by atoms with Crippen LogP contribution in [0.15, 0.2) is 11.6 Å². The first kappa shape index (κ1) is 20.5. The monoisotopic (exact) mass is 334 g/mol. The predicted octanol–water partition coefficient (Wildman–Crippen LogP) is -0.454. The summed E-state index contributed by atoms with van der Waals surface area (Å²) in [6.45, 7) is 5.58. The summed E-state index contributed by atoms with van der Waals surface area (Å²) in [4.78, 5) is 0. The lowest BCUT2D eigenvalue weighted by atomic mass is 9.97. The highest BCUT2D eigenvalue weighted by Crippen LogP contribution is 2.22. The molecule has 1 aliphatic heterocycles. The maximum Gasteiger partial charge on any atom is 0.186 e. The Bertz CT molecular complexity index is 367. The molecular weight excluding hydrogens is 304 g/mol. The first-order chi connectivity index (χ1) is 10.8. The number of hydrogen-bond donors (Lipinski definition) is 5. The summed E-state index contributed by atoms with van der Waals surface area (Å²) in [6.07, 6.45) is -3.70. The van der Waals surface area contributed by atoms with Crippen LogP contribution in [0.25, 0.3) is 0 Å². The molecule has 5 N–H and O–H groups in total. The lowest BCUT2D eigenvalue weighted by Crippen LogP contribution is -2.59. The topological polar surface area (TPSA) is 120 Å². The van der Waals surface area contributed by atoms with E-state index in [-0.39, 0.29) is 12.5 Å². The molecule has 1 saturated heterocycles. The number of allylic oxidation sites excluding steroid dienone is 1. The summed E-state index contributed by atoms with van der Waals surface area (Å²) >= 11 is 0. The molecule has 0 aromatic rings. The van der Waals surface area contributed by atoms with E-state index >= 15 is 0 Å². The Hall–Kier alpha value is -0.540. The van der Waals surface area contributed by atoms with Gasteiger partial charge in [0.1, 0.15) is 24.4 Å². The molecule has 1 rings (SSSR count). The molecule has 0 radical (unpaired) electrons. The number of ether oxygens (including phenoxy) is 2. The van der Waals surface area contributed by atoms with E-state index in [4.69, 9.17) is 14.6 Å². The summed E-state index contributed by atoms with van der Waals surface area (Å²) in [7, 11) is 0. The minimum Gasteiger partial charge on any atom is -0.394 e. The van der Waals surface area contributed by atoms with Gasteiger partial charge in [-0.3, -0.25) is 0 Å². The van der Waals surface area contributed by atoms with Gasteiger partial charge in [-0.15, -0.1) is 0 Å². The van der Waals surface area contributed by atoms with Gasteiger partial charge in [0, 0.05) is 0 Å². The summed E-state index contributed by atoms with van der Waals surface area (Å²) < 4.78 is 10.7. The van der Waals surface area contributed by atoms with Crippen LogP contribution in [0.3, 0.4) is 0 Å². The standard InChI is InChI=1S/C16H30O7/c1-9(2)4-5-11(18)10(3)6-7-22-16-15(21)14(20)13(19)12(8-17)23-16/h4,10-21H,5-8H2,1-3H3. The molecule has 0 saturated carbocycles. The lowest BCUT2D eigenvalue weighted by molar-refractivity contribution is -0.301. The van der Waals surface area contributed by atoms with Gasteiger partial charge in [0.05, 0.1) is 19.3 Å². The van der Waals surface area contributed by atoms with Crippen LogP contribution in [0.2, 0.25) is 0 Å². The third kappa shape index (κ3) is 6.11. The Morgan fingerprint density at radius 2 is 1.83 bits per heavy atom. The van der Waals surface area contributed by atoms with Crippen LogP contribution < -0.4 is 0 Å². The van der Waals surface area contributed by atoms with Gasteiger partial charge in [0.25, 0.3) is 0 Å². The molecule has 7 unspecified atom stereocenters. The Balaban J connectivity index is 2.40. The molecule has 1 fully saturated rings. The van der Waals surface area contributed by atoms with E-state index < -0.39 is 43.4 Å². The zero-order valence-electron chi connectivity index (χ0n) is 14.0. The van der Waals surface area contributed by atoms with Crippen LogP contribution in [0.4, 0.5) is 0 Å². The highest BCUT2D eigenvalue weighted by Gasteiger charge is 2.43. The maximum absolute atomic E-state index is 10.0. The Kier molecular flexibility index (Phi) is 8.63. The molecular formula is C16H30O7. The molecule has 1 aliphatic rings. The molecule has 23 heavy (non-hydrogen) atoms. The van der Waals surface area contributed by atoms with Crippen molar-refractivity contribution in [2.24, 2.45) is 5.92 Å². The van der Waals surface area contributed by atoms with Gasteiger partial charge in [-0.25, -0.2) is 0 Å². The third-order valence-corrected chi connectivity index (χ3v) is 4.13. The Labute approximate surface area is 137 Å². The van der Waals surface area contributed by atoms with E-state index in [0.29, 0.717) is 12.8 Å². The van der Waals surface area contributed by atoms with Crippen molar-refractivity contribution in [3.63, 3.8) is 0 Å². The quantitative estimate of drug-likeness (QED) is 0.381. The fourth-order valence-electron chi connectivity index (χ4n) is 2.36. The van der Waals surface area contributed by atoms with Crippen LogP contribution in [-0.2, 0) is 9.47 Å². The van der Waals surface area contributed by atoms with Crippen molar-refractivity contribution < 1.29 is 35.0 Å². The third-order valence-electron chi connectivity index (χ3n) is 4.13. The molecule has 0 aliphatic carbocycles. The number of aliphatic hydroxyl groups is 5. The van der Waals surface area contributed by atoms with Crippen molar-refractivity contribution in [1.82, 2.24) is 0 Å². The maximum atomic E-state index is 10.0. The fraction of sp³-hybridized carbons (Fsp3) is 0.875. The molecule has 0 spiro atoms. The summed E-state index contributed by atoms with van der Waals surface area (Å²) in [5.74, 6) is -0.00418. The predicted molar refractivity (Wildman–Crippen MR) is 83.6 cm³/mol. The zero-order chi connectivity index (χ0) is 17.6. The van der Waals surface area contributed by atoms with Gasteiger partial charge >= 0.3 is 0 Å². The Morgan fingerprint density at radius 3 is 2.39 bits per heavy atom. The van der Waals surface area contributed by atoms with Gasteiger partial charge in [-0.05, 0) is 32.6 Å². The van der Waals surface area contributed by atoms with Gasteiger partial charge in [0.15, 0.2) is 6.29 Å². The molecule has 0 amide bonds. The number of rotatable bonds is 8. The SMILES string of the molecule is CC(C)=CCC(O)C(C)CCOC1OC(CO)C(O)C(O)C1O. The van der Waals surface area contributed by atoms with Crippen molar-refractivity contribution in [3.05, 3.63) is 11.6 Å². The fourth-order valence-corrected chi connectivity index (χ4v) is 2.36. The minimum absolute atomic E-state index is 0.00418. The van der Waals surface area contributed by atoms with Gasteiger partial charge in [-0.1, -0.05) is 18.6 Å². The normalized spacial score (nSPS) is 34.0. The van der Waals surface area contributed by atoms with Crippen LogP contribution in [0.1, 0.15) is 33.6 Å². The second-order valence-corrected chi connectivity index (χ2v) is 6.42. The van der Waals surface area contributed by atoms with Crippen LogP contribution in [-0.4, -0.2) is 75.6 Å². The van der Waals surface area contributed by atoms with Gasteiger partial charge in [-0.2, -0.15) is 0 Å². The van der Waals surface area contributed by atoms with Crippen LogP contribution in [0, 0.1) is 5.92 Å². The lowest BCUT2D eigenvalue weighted by Gasteiger charge is -2.39. The highest BCUT2D eigenvalue weighted by atomic mass is 16.7. The summed E-state index contributed by atoms with van der Waals surface area (Å²) in [5.41, 5.74) is 1.15. The van der Waals surface area contributed by atoms with E-state index in [1.165, 1.54) is 0 Å². The molecule has 7 nitrogen and oxygen atoms in total. The first-order valence-electron chi connectivity index (χ1n) is 8.01. The second kappa shape index (κ2) is 9.68. The van der Waals surface area contributed by atoms with Crippen LogP contribution >= 0.6 is 0 Å². The van der Waals surface area contributed by atoms with Gasteiger partial charge in [0.2, 0.25) is 0 Å². The van der Waals surface area contributed by atoms with E-state index in [1.54, 1.807) is 0 Å². The Morgan fingerprint density at radius 1 is 1.17 bits per heavy atom. The van der Waals surface area contributed by atoms with Crippen molar-refractivity contribution >= 4 is 0 Å². The zero-order valence-corrected chi connectivity index (χ0v) is 14.0. The largest absolute Gasteiger partial charge is 0.394 e. The molecule has 7 heteroatoms. The number of hydrogen-bond acceptors (Lipinski definition) is 7. The van der Waals surface area contributed by atoms with E-state index in [9.17, 15) is 20.4 Å². The molecule has 0 aromatic carbocycles. The van der Waals surface area contributed by atoms with Gasteiger partial charge < -0.3 is 35.0 Å². The molecule has 0 bridgehead atoms. The second-order valence-electron chi connectivity index (χ2n) is 6.42. The molecule has 136 valence electrons. The highest BCUT2D eigenvalue weighted by molar-refractivity contribution is 4.94. The van der Waals surface area contributed by atoms with Crippen molar-refractivity contribution in [1.29, 1.82) is 0 Å². The van der Waals surface area contributed by atoms with Crippen molar-refractivity contribution in [2.45, 2.75) is 70.4 Å². The molecule has 0 aromatic heterocycles. The average molecular weight is 334 g/mol. The van der Waals surface area contributed by atoms with Crippen molar-refractivity contribution in [3.8, 4) is 0 Å². The molecule has 7 atom stereocenters. The first-order valence-corrected chi connectivity index (χ1v) is 8.01. The minimum atomic E-state index is -1.44. The van der Waals surface area contributed by atoms with E-state index in [2.05, 4.69) is 0 Å². The smallest absolute Gasteiger partial charge is 0.186 e. The summed E-state index contributed by atoms with van der Waals surface area (Å²) in [5, 5.41) is 48.3. The van der Waals surface area contributed by atoms with Crippen LogP contribution in [0.5, 0.6) is 0 Å².